The minimum Gasteiger partial charge on any atom is -0.508 e. The van der Waals surface area contributed by atoms with Gasteiger partial charge in [0, 0.05) is 11.1 Å². The number of amides is 1. The maximum Gasteiger partial charge on any atom is 0.252 e. The van der Waals surface area contributed by atoms with Crippen LogP contribution in [0.25, 0.3) is 0 Å². The molecule has 1 aromatic rings. The quantitative estimate of drug-likeness (QED) is 0.857. The minimum atomic E-state index is -0.838. The standard InChI is InChI=1S/C14H18N2O2/c1-4-14(5-2,9-15)16-13(18)11-7-6-8-12(17)10(11)3/h6-8,17H,4-5H2,1-3H3,(H,16,18). The summed E-state index contributed by atoms with van der Waals surface area (Å²) in [5, 5.41) is 21.5. The molecule has 4 heteroatoms. The van der Waals surface area contributed by atoms with Crippen LogP contribution < -0.4 is 5.32 Å². The summed E-state index contributed by atoms with van der Waals surface area (Å²) in [6.07, 6.45) is 1.09. The monoisotopic (exact) mass is 246 g/mol. The summed E-state index contributed by atoms with van der Waals surface area (Å²) in [5.74, 6) is -0.244. The van der Waals surface area contributed by atoms with E-state index in [0.717, 1.165) is 0 Å². The fourth-order valence-electron chi connectivity index (χ4n) is 1.77. The first kappa shape index (κ1) is 14.0. The SMILES string of the molecule is CCC(C#N)(CC)NC(=O)c1cccc(O)c1C. The van der Waals surface area contributed by atoms with Crippen LogP contribution in [0.5, 0.6) is 5.75 Å². The highest BCUT2D eigenvalue weighted by molar-refractivity contribution is 5.96. The normalized spacial score (nSPS) is 10.8. The Morgan fingerprint density at radius 3 is 2.56 bits per heavy atom. The second-order valence-electron chi connectivity index (χ2n) is 4.30. The number of nitriles is 1. The van der Waals surface area contributed by atoms with Crippen LogP contribution in [0.4, 0.5) is 0 Å². The van der Waals surface area contributed by atoms with Crippen molar-refractivity contribution in [1.29, 1.82) is 5.26 Å². The lowest BCUT2D eigenvalue weighted by Crippen LogP contribution is -2.46. The minimum absolute atomic E-state index is 0.0817. The Hall–Kier alpha value is -2.02. The van der Waals surface area contributed by atoms with Gasteiger partial charge in [0.15, 0.2) is 0 Å². The van der Waals surface area contributed by atoms with Gasteiger partial charge in [-0.25, -0.2) is 0 Å². The molecule has 1 rings (SSSR count). The molecule has 1 amide bonds. The number of phenols is 1. The van der Waals surface area contributed by atoms with Crippen molar-refractivity contribution in [3.8, 4) is 11.8 Å². The van der Waals surface area contributed by atoms with Gasteiger partial charge in [0.2, 0.25) is 0 Å². The molecule has 2 N–H and O–H groups in total. The Morgan fingerprint density at radius 2 is 2.06 bits per heavy atom. The largest absolute Gasteiger partial charge is 0.508 e. The highest BCUT2D eigenvalue weighted by Crippen LogP contribution is 2.21. The molecule has 0 bridgehead atoms. The summed E-state index contributed by atoms with van der Waals surface area (Å²) in [6, 6.07) is 6.94. The average Bonchev–Trinajstić information content (AvgIpc) is 2.39. The number of aromatic hydroxyl groups is 1. The molecule has 0 atom stereocenters. The molecule has 96 valence electrons. The van der Waals surface area contributed by atoms with Crippen LogP contribution in [-0.4, -0.2) is 16.6 Å². The van der Waals surface area contributed by atoms with E-state index in [1.54, 1.807) is 19.1 Å². The number of nitrogens with zero attached hydrogens (tertiary/aromatic N) is 1. The average molecular weight is 246 g/mol. The zero-order chi connectivity index (χ0) is 13.8. The summed E-state index contributed by atoms with van der Waals surface area (Å²) < 4.78 is 0. The van der Waals surface area contributed by atoms with Gasteiger partial charge in [0.25, 0.3) is 5.91 Å². The number of hydrogen-bond donors (Lipinski definition) is 2. The van der Waals surface area contributed by atoms with E-state index < -0.39 is 5.54 Å². The van der Waals surface area contributed by atoms with Gasteiger partial charge in [0.05, 0.1) is 6.07 Å². The maximum atomic E-state index is 12.1. The molecule has 0 aliphatic carbocycles. The third-order valence-corrected chi connectivity index (χ3v) is 3.32. The smallest absolute Gasteiger partial charge is 0.252 e. The van der Waals surface area contributed by atoms with E-state index in [0.29, 0.717) is 24.0 Å². The third kappa shape index (κ3) is 2.62. The second-order valence-corrected chi connectivity index (χ2v) is 4.30. The second kappa shape index (κ2) is 5.54. The molecule has 0 aromatic heterocycles. The van der Waals surface area contributed by atoms with Crippen LogP contribution in [0.2, 0.25) is 0 Å². The van der Waals surface area contributed by atoms with Crippen LogP contribution >= 0.6 is 0 Å². The predicted molar refractivity (Wildman–Crippen MR) is 69.2 cm³/mol. The van der Waals surface area contributed by atoms with Crippen LogP contribution in [0.15, 0.2) is 18.2 Å². The van der Waals surface area contributed by atoms with E-state index in [1.165, 1.54) is 6.07 Å². The van der Waals surface area contributed by atoms with E-state index in [2.05, 4.69) is 11.4 Å². The van der Waals surface area contributed by atoms with Gasteiger partial charge in [-0.2, -0.15) is 5.26 Å². The molecule has 0 aliphatic rings. The van der Waals surface area contributed by atoms with Crippen LogP contribution in [0.1, 0.15) is 42.6 Å². The molecule has 0 saturated heterocycles. The summed E-state index contributed by atoms with van der Waals surface area (Å²) >= 11 is 0. The first-order chi connectivity index (χ1) is 8.49. The lowest BCUT2D eigenvalue weighted by atomic mass is 9.94. The molecular formula is C14H18N2O2. The van der Waals surface area contributed by atoms with Gasteiger partial charge in [0.1, 0.15) is 11.3 Å². The summed E-state index contributed by atoms with van der Waals surface area (Å²) in [6.45, 7) is 5.40. The lowest BCUT2D eigenvalue weighted by molar-refractivity contribution is 0.0914. The molecule has 18 heavy (non-hydrogen) atoms. The number of hydrogen-bond acceptors (Lipinski definition) is 3. The molecule has 0 spiro atoms. The van der Waals surface area contributed by atoms with Gasteiger partial charge in [-0.05, 0) is 31.9 Å². The Balaban J connectivity index is 3.03. The number of nitrogens with one attached hydrogen (secondary N) is 1. The molecular weight excluding hydrogens is 228 g/mol. The van der Waals surface area contributed by atoms with Crippen molar-refractivity contribution in [1.82, 2.24) is 5.32 Å². The zero-order valence-electron chi connectivity index (χ0n) is 10.9. The van der Waals surface area contributed by atoms with Crippen LogP contribution in [0, 0.1) is 18.3 Å². The van der Waals surface area contributed by atoms with Gasteiger partial charge in [-0.15, -0.1) is 0 Å². The van der Waals surface area contributed by atoms with Crippen LogP contribution in [0.3, 0.4) is 0 Å². The van der Waals surface area contributed by atoms with Crippen molar-refractivity contribution < 1.29 is 9.90 Å². The van der Waals surface area contributed by atoms with Crippen molar-refractivity contribution in [3.05, 3.63) is 29.3 Å². The van der Waals surface area contributed by atoms with Crippen molar-refractivity contribution >= 4 is 5.91 Å². The van der Waals surface area contributed by atoms with Gasteiger partial charge in [-0.1, -0.05) is 19.9 Å². The first-order valence-electron chi connectivity index (χ1n) is 6.02. The van der Waals surface area contributed by atoms with E-state index >= 15 is 0 Å². The molecule has 0 aliphatic heterocycles. The molecule has 0 saturated carbocycles. The molecule has 0 radical (unpaired) electrons. The summed E-state index contributed by atoms with van der Waals surface area (Å²) in [4.78, 5) is 12.1. The zero-order valence-corrected chi connectivity index (χ0v) is 10.9. The number of carbonyl (C=O) groups excluding carboxylic acids is 1. The van der Waals surface area contributed by atoms with Crippen molar-refractivity contribution in [3.63, 3.8) is 0 Å². The number of phenolic OH excluding ortho intramolecular Hbond substituents is 1. The molecule has 0 heterocycles. The summed E-state index contributed by atoms with van der Waals surface area (Å²) in [7, 11) is 0. The number of rotatable bonds is 4. The predicted octanol–water partition coefficient (Wildman–Crippen LogP) is 2.51. The fourth-order valence-corrected chi connectivity index (χ4v) is 1.77. The van der Waals surface area contributed by atoms with Crippen molar-refractivity contribution in [2.45, 2.75) is 39.2 Å². The van der Waals surface area contributed by atoms with Gasteiger partial charge >= 0.3 is 0 Å². The van der Waals surface area contributed by atoms with Gasteiger partial charge in [-0.3, -0.25) is 4.79 Å². The highest BCUT2D eigenvalue weighted by atomic mass is 16.3. The topological polar surface area (TPSA) is 73.1 Å². The van der Waals surface area contributed by atoms with E-state index in [9.17, 15) is 15.2 Å². The Morgan fingerprint density at radius 1 is 1.44 bits per heavy atom. The molecule has 1 aromatic carbocycles. The Labute approximate surface area is 107 Å². The molecule has 0 fully saturated rings. The highest BCUT2D eigenvalue weighted by Gasteiger charge is 2.28. The van der Waals surface area contributed by atoms with Crippen molar-refractivity contribution in [2.75, 3.05) is 0 Å². The van der Waals surface area contributed by atoms with E-state index in [1.807, 2.05) is 13.8 Å². The van der Waals surface area contributed by atoms with Gasteiger partial charge < -0.3 is 10.4 Å². The molecule has 4 nitrogen and oxygen atoms in total. The van der Waals surface area contributed by atoms with Crippen molar-refractivity contribution in [2.24, 2.45) is 0 Å². The van der Waals surface area contributed by atoms with E-state index in [4.69, 9.17) is 0 Å². The Kier molecular flexibility index (Phi) is 4.33. The summed E-state index contributed by atoms with van der Waals surface area (Å²) in [5.41, 5.74) is 0.0835. The fraction of sp³-hybridized carbons (Fsp3) is 0.429. The van der Waals surface area contributed by atoms with Crippen LogP contribution in [-0.2, 0) is 0 Å². The third-order valence-electron chi connectivity index (χ3n) is 3.32. The maximum absolute atomic E-state index is 12.1. The number of carbonyl (C=O) groups is 1. The molecule has 0 unspecified atom stereocenters. The lowest BCUT2D eigenvalue weighted by Gasteiger charge is -2.25. The Bertz CT molecular complexity index is 485. The number of benzene rings is 1. The first-order valence-corrected chi connectivity index (χ1v) is 6.02. The van der Waals surface area contributed by atoms with E-state index in [-0.39, 0.29) is 11.7 Å².